The molecule has 0 saturated carbocycles. The average Bonchev–Trinajstić information content (AvgIpc) is 2.45. The topological polar surface area (TPSA) is 101 Å². The molecule has 116 valence electrons. The van der Waals surface area contributed by atoms with Gasteiger partial charge in [0.2, 0.25) is 10.0 Å². The molecule has 0 fully saturated rings. The number of nitrogens with one attached hydrogen (secondary N) is 2. The molecule has 0 atom stereocenters. The monoisotopic (exact) mass is 323 g/mol. The molecule has 8 heteroatoms. The minimum absolute atomic E-state index is 0.0302. The summed E-state index contributed by atoms with van der Waals surface area (Å²) >= 11 is 0. The Kier molecular flexibility index (Phi) is 4.74. The van der Waals surface area contributed by atoms with Crippen molar-refractivity contribution in [2.24, 2.45) is 5.14 Å². The van der Waals surface area contributed by atoms with E-state index in [0.29, 0.717) is 11.3 Å². The summed E-state index contributed by atoms with van der Waals surface area (Å²) in [5.74, 6) is -0.460. The van der Waals surface area contributed by atoms with Gasteiger partial charge >= 0.3 is 6.03 Å². The van der Waals surface area contributed by atoms with Crippen molar-refractivity contribution in [2.75, 3.05) is 5.32 Å². The SMILES string of the molecule is NS(=O)(=O)c1cccc(CNC(=O)Nc2cccc(F)c2)c1. The van der Waals surface area contributed by atoms with E-state index in [1.807, 2.05) is 0 Å². The standard InChI is InChI=1S/C14H14FN3O3S/c15-11-4-2-5-12(8-11)18-14(19)17-9-10-3-1-6-13(7-10)22(16,20)21/h1-8H,9H2,(H2,16,20,21)(H2,17,18,19). The van der Waals surface area contributed by atoms with E-state index in [-0.39, 0.29) is 11.4 Å². The van der Waals surface area contributed by atoms with Crippen LogP contribution in [0.2, 0.25) is 0 Å². The summed E-state index contributed by atoms with van der Waals surface area (Å²) in [5, 5.41) is 10.0. The molecule has 0 aliphatic heterocycles. The predicted octanol–water partition coefficient (Wildman–Crippen LogP) is 1.79. The van der Waals surface area contributed by atoms with Crippen LogP contribution in [0, 0.1) is 5.82 Å². The van der Waals surface area contributed by atoms with Gasteiger partial charge in [-0.3, -0.25) is 0 Å². The fourth-order valence-corrected chi connectivity index (χ4v) is 2.34. The maximum absolute atomic E-state index is 13.0. The molecule has 22 heavy (non-hydrogen) atoms. The van der Waals surface area contributed by atoms with E-state index in [9.17, 15) is 17.6 Å². The highest BCUT2D eigenvalue weighted by Crippen LogP contribution is 2.11. The van der Waals surface area contributed by atoms with Gasteiger partial charge < -0.3 is 10.6 Å². The Labute approximate surface area is 127 Å². The lowest BCUT2D eigenvalue weighted by atomic mass is 10.2. The number of hydrogen-bond donors (Lipinski definition) is 3. The number of hydrogen-bond acceptors (Lipinski definition) is 3. The largest absolute Gasteiger partial charge is 0.334 e. The molecule has 0 aromatic heterocycles. The second-order valence-electron chi connectivity index (χ2n) is 4.51. The Morgan fingerprint density at radius 1 is 1.14 bits per heavy atom. The van der Waals surface area contributed by atoms with Crippen molar-refractivity contribution in [2.45, 2.75) is 11.4 Å². The maximum Gasteiger partial charge on any atom is 0.319 e. The number of carbonyl (C=O) groups is 1. The summed E-state index contributed by atoms with van der Waals surface area (Å²) in [7, 11) is -3.79. The number of primary sulfonamides is 1. The smallest absolute Gasteiger partial charge is 0.319 e. The fraction of sp³-hybridized carbons (Fsp3) is 0.0714. The number of anilines is 1. The number of carbonyl (C=O) groups excluding carboxylic acids is 1. The number of sulfonamides is 1. The van der Waals surface area contributed by atoms with E-state index in [4.69, 9.17) is 5.14 Å². The summed E-state index contributed by atoms with van der Waals surface area (Å²) in [5.41, 5.74) is 0.886. The van der Waals surface area contributed by atoms with Gasteiger partial charge in [-0.15, -0.1) is 0 Å². The normalized spacial score (nSPS) is 11.0. The maximum atomic E-state index is 13.0. The molecule has 0 aliphatic carbocycles. The van der Waals surface area contributed by atoms with Crippen LogP contribution < -0.4 is 15.8 Å². The first-order valence-corrected chi connectivity index (χ1v) is 7.81. The molecular weight excluding hydrogens is 309 g/mol. The molecule has 2 amide bonds. The first kappa shape index (κ1) is 15.9. The van der Waals surface area contributed by atoms with E-state index in [1.54, 1.807) is 12.1 Å². The van der Waals surface area contributed by atoms with Crippen LogP contribution in [0.25, 0.3) is 0 Å². The number of rotatable bonds is 4. The van der Waals surface area contributed by atoms with Crippen molar-refractivity contribution in [3.05, 3.63) is 59.9 Å². The highest BCUT2D eigenvalue weighted by atomic mass is 32.2. The Hall–Kier alpha value is -2.45. The van der Waals surface area contributed by atoms with Gasteiger partial charge in [0.25, 0.3) is 0 Å². The van der Waals surface area contributed by atoms with Gasteiger partial charge in [-0.2, -0.15) is 0 Å². The predicted molar refractivity (Wildman–Crippen MR) is 80.1 cm³/mol. The fourth-order valence-electron chi connectivity index (χ4n) is 1.76. The Balaban J connectivity index is 1.97. The Bertz CT molecular complexity index is 793. The lowest BCUT2D eigenvalue weighted by molar-refractivity contribution is 0.251. The molecule has 2 aromatic rings. The van der Waals surface area contributed by atoms with Crippen LogP contribution in [-0.2, 0) is 16.6 Å². The second-order valence-corrected chi connectivity index (χ2v) is 6.07. The molecule has 0 spiro atoms. The van der Waals surface area contributed by atoms with Crippen molar-refractivity contribution in [3.8, 4) is 0 Å². The zero-order valence-electron chi connectivity index (χ0n) is 11.4. The van der Waals surface area contributed by atoms with Gasteiger partial charge in [-0.05, 0) is 35.9 Å². The van der Waals surface area contributed by atoms with Crippen LogP contribution in [0.3, 0.4) is 0 Å². The minimum atomic E-state index is -3.79. The van der Waals surface area contributed by atoms with Crippen molar-refractivity contribution >= 4 is 21.7 Å². The first-order valence-electron chi connectivity index (χ1n) is 6.27. The average molecular weight is 323 g/mol. The minimum Gasteiger partial charge on any atom is -0.334 e. The van der Waals surface area contributed by atoms with Crippen LogP contribution in [-0.4, -0.2) is 14.4 Å². The molecule has 4 N–H and O–H groups in total. The molecular formula is C14H14FN3O3S. The molecule has 0 heterocycles. The number of amides is 2. The molecule has 6 nitrogen and oxygen atoms in total. The first-order chi connectivity index (χ1) is 10.3. The van der Waals surface area contributed by atoms with Crippen molar-refractivity contribution in [1.29, 1.82) is 0 Å². The number of nitrogens with two attached hydrogens (primary N) is 1. The number of urea groups is 1. The third kappa shape index (κ3) is 4.54. The van der Waals surface area contributed by atoms with Crippen LogP contribution in [0.5, 0.6) is 0 Å². The summed E-state index contributed by atoms with van der Waals surface area (Å²) < 4.78 is 35.5. The number of benzene rings is 2. The second kappa shape index (κ2) is 6.54. The van der Waals surface area contributed by atoms with Crippen molar-refractivity contribution in [3.63, 3.8) is 0 Å². The highest BCUT2D eigenvalue weighted by molar-refractivity contribution is 7.89. The van der Waals surface area contributed by atoms with Crippen LogP contribution >= 0.6 is 0 Å². The van der Waals surface area contributed by atoms with E-state index in [2.05, 4.69) is 10.6 Å². The van der Waals surface area contributed by atoms with Crippen LogP contribution in [0.1, 0.15) is 5.56 Å². The molecule has 0 bridgehead atoms. The van der Waals surface area contributed by atoms with Gasteiger partial charge in [0.05, 0.1) is 4.90 Å². The van der Waals surface area contributed by atoms with Gasteiger partial charge in [-0.1, -0.05) is 18.2 Å². The summed E-state index contributed by atoms with van der Waals surface area (Å²) in [6, 6.07) is 10.8. The summed E-state index contributed by atoms with van der Waals surface area (Å²) in [6.45, 7) is 0.102. The van der Waals surface area contributed by atoms with E-state index in [1.165, 1.54) is 36.4 Å². The zero-order valence-corrected chi connectivity index (χ0v) is 12.2. The van der Waals surface area contributed by atoms with Gasteiger partial charge in [-0.25, -0.2) is 22.7 Å². The van der Waals surface area contributed by atoms with Gasteiger partial charge in [0, 0.05) is 12.2 Å². The Morgan fingerprint density at radius 3 is 2.55 bits per heavy atom. The third-order valence-electron chi connectivity index (χ3n) is 2.76. The molecule has 0 unspecified atom stereocenters. The van der Waals surface area contributed by atoms with Crippen molar-refractivity contribution in [1.82, 2.24) is 5.32 Å². The van der Waals surface area contributed by atoms with Gasteiger partial charge in [0.1, 0.15) is 5.82 Å². The molecule has 2 aromatic carbocycles. The lowest BCUT2D eigenvalue weighted by Gasteiger charge is -2.08. The van der Waals surface area contributed by atoms with E-state index >= 15 is 0 Å². The highest BCUT2D eigenvalue weighted by Gasteiger charge is 2.08. The molecule has 0 radical (unpaired) electrons. The molecule has 0 aliphatic rings. The van der Waals surface area contributed by atoms with E-state index in [0.717, 1.165) is 0 Å². The lowest BCUT2D eigenvalue weighted by Crippen LogP contribution is -2.28. The summed E-state index contributed by atoms with van der Waals surface area (Å²) in [6.07, 6.45) is 0. The molecule has 2 rings (SSSR count). The van der Waals surface area contributed by atoms with Crippen LogP contribution in [0.4, 0.5) is 14.9 Å². The Morgan fingerprint density at radius 2 is 1.86 bits per heavy atom. The zero-order chi connectivity index (χ0) is 16.2. The van der Waals surface area contributed by atoms with Gasteiger partial charge in [0.15, 0.2) is 0 Å². The quantitative estimate of drug-likeness (QED) is 0.799. The number of halogens is 1. The summed E-state index contributed by atoms with van der Waals surface area (Å²) in [4.78, 5) is 11.7. The van der Waals surface area contributed by atoms with E-state index < -0.39 is 21.9 Å². The third-order valence-corrected chi connectivity index (χ3v) is 3.67. The molecule has 0 saturated heterocycles. The van der Waals surface area contributed by atoms with Crippen molar-refractivity contribution < 1.29 is 17.6 Å². The van der Waals surface area contributed by atoms with Crippen LogP contribution in [0.15, 0.2) is 53.4 Å².